The SMILES string of the molecule is CC.CN(C)CCNc1cc(Br)ccn1. The van der Waals surface area contributed by atoms with Gasteiger partial charge in [0.15, 0.2) is 0 Å². The van der Waals surface area contributed by atoms with Gasteiger partial charge in [-0.3, -0.25) is 0 Å². The fourth-order valence-corrected chi connectivity index (χ4v) is 1.24. The molecule has 1 heterocycles. The minimum absolute atomic E-state index is 0.913. The zero-order valence-electron chi connectivity index (χ0n) is 9.92. The number of nitrogens with zero attached hydrogens (tertiary/aromatic N) is 2. The molecule has 0 atom stereocenters. The predicted octanol–water partition coefficient (Wildman–Crippen LogP) is 2.84. The average Bonchev–Trinajstić information content (AvgIpc) is 2.20. The Morgan fingerprint density at radius 1 is 1.40 bits per heavy atom. The Morgan fingerprint density at radius 3 is 2.60 bits per heavy atom. The van der Waals surface area contributed by atoms with E-state index in [1.807, 2.05) is 26.0 Å². The molecule has 0 bridgehead atoms. The molecule has 1 N–H and O–H groups in total. The number of hydrogen-bond acceptors (Lipinski definition) is 3. The van der Waals surface area contributed by atoms with Crippen molar-refractivity contribution < 1.29 is 0 Å². The summed E-state index contributed by atoms with van der Waals surface area (Å²) in [5.74, 6) is 0.913. The second-order valence-electron chi connectivity index (χ2n) is 3.09. The first-order chi connectivity index (χ1) is 7.18. The van der Waals surface area contributed by atoms with Gasteiger partial charge >= 0.3 is 0 Å². The highest BCUT2D eigenvalue weighted by atomic mass is 79.9. The summed E-state index contributed by atoms with van der Waals surface area (Å²) in [5.41, 5.74) is 0. The van der Waals surface area contributed by atoms with Crippen molar-refractivity contribution in [3.63, 3.8) is 0 Å². The fourth-order valence-electron chi connectivity index (χ4n) is 0.909. The van der Waals surface area contributed by atoms with Gasteiger partial charge in [0, 0.05) is 23.8 Å². The largest absolute Gasteiger partial charge is 0.369 e. The standard InChI is InChI=1S/C9H14BrN3.C2H6/c1-13(2)6-5-12-9-7-8(10)3-4-11-9;1-2/h3-4,7H,5-6H2,1-2H3,(H,11,12);1-2H3. The lowest BCUT2D eigenvalue weighted by atomic mass is 10.4. The molecule has 0 aromatic carbocycles. The van der Waals surface area contributed by atoms with Crippen LogP contribution >= 0.6 is 15.9 Å². The van der Waals surface area contributed by atoms with E-state index in [0.29, 0.717) is 0 Å². The van der Waals surface area contributed by atoms with Gasteiger partial charge in [0.25, 0.3) is 0 Å². The van der Waals surface area contributed by atoms with Crippen LogP contribution in [0.5, 0.6) is 0 Å². The lowest BCUT2D eigenvalue weighted by Gasteiger charge is -2.10. The number of likely N-dealkylation sites (N-methyl/N-ethyl adjacent to an activating group) is 1. The number of aromatic nitrogens is 1. The van der Waals surface area contributed by atoms with Crippen LogP contribution in [0.25, 0.3) is 0 Å². The van der Waals surface area contributed by atoms with Crippen molar-refractivity contribution in [2.45, 2.75) is 13.8 Å². The van der Waals surface area contributed by atoms with Gasteiger partial charge in [-0.1, -0.05) is 29.8 Å². The van der Waals surface area contributed by atoms with E-state index in [9.17, 15) is 0 Å². The summed E-state index contributed by atoms with van der Waals surface area (Å²) in [7, 11) is 4.10. The van der Waals surface area contributed by atoms with Crippen molar-refractivity contribution in [3.05, 3.63) is 22.8 Å². The molecule has 0 fully saturated rings. The molecule has 1 aromatic heterocycles. The highest BCUT2D eigenvalue weighted by molar-refractivity contribution is 9.10. The smallest absolute Gasteiger partial charge is 0.127 e. The van der Waals surface area contributed by atoms with E-state index in [4.69, 9.17) is 0 Å². The van der Waals surface area contributed by atoms with Crippen LogP contribution in [0.15, 0.2) is 22.8 Å². The molecule has 0 amide bonds. The van der Waals surface area contributed by atoms with Crippen LogP contribution in [0.3, 0.4) is 0 Å². The van der Waals surface area contributed by atoms with Gasteiger partial charge in [-0.15, -0.1) is 0 Å². The van der Waals surface area contributed by atoms with E-state index in [-0.39, 0.29) is 0 Å². The summed E-state index contributed by atoms with van der Waals surface area (Å²) >= 11 is 3.39. The van der Waals surface area contributed by atoms with Crippen molar-refractivity contribution in [1.29, 1.82) is 0 Å². The van der Waals surface area contributed by atoms with Gasteiger partial charge in [-0.2, -0.15) is 0 Å². The van der Waals surface area contributed by atoms with E-state index in [1.54, 1.807) is 6.20 Å². The Bertz CT molecular complexity index is 264. The number of pyridine rings is 1. The minimum atomic E-state index is 0.913. The molecular formula is C11H20BrN3. The molecule has 0 saturated heterocycles. The van der Waals surface area contributed by atoms with Gasteiger partial charge < -0.3 is 10.2 Å². The van der Waals surface area contributed by atoms with Crippen LogP contribution in [0.4, 0.5) is 5.82 Å². The van der Waals surface area contributed by atoms with Crippen LogP contribution < -0.4 is 5.32 Å². The molecule has 0 aliphatic heterocycles. The maximum absolute atomic E-state index is 4.18. The first kappa shape index (κ1) is 14.4. The zero-order valence-corrected chi connectivity index (χ0v) is 11.5. The normalized spacial score (nSPS) is 9.47. The third-order valence-corrected chi connectivity index (χ3v) is 2.08. The molecule has 15 heavy (non-hydrogen) atoms. The Hall–Kier alpha value is -0.610. The van der Waals surface area contributed by atoms with Gasteiger partial charge in [0.1, 0.15) is 5.82 Å². The van der Waals surface area contributed by atoms with E-state index in [2.05, 4.69) is 45.2 Å². The third-order valence-electron chi connectivity index (χ3n) is 1.59. The maximum atomic E-state index is 4.18. The Morgan fingerprint density at radius 2 is 2.07 bits per heavy atom. The number of anilines is 1. The Labute approximate surface area is 101 Å². The average molecular weight is 274 g/mol. The van der Waals surface area contributed by atoms with E-state index < -0.39 is 0 Å². The molecule has 1 aromatic rings. The van der Waals surface area contributed by atoms with Crippen molar-refractivity contribution in [1.82, 2.24) is 9.88 Å². The van der Waals surface area contributed by atoms with Gasteiger partial charge in [0.2, 0.25) is 0 Å². The van der Waals surface area contributed by atoms with Crippen molar-refractivity contribution in [2.24, 2.45) is 0 Å². The number of nitrogens with one attached hydrogen (secondary N) is 1. The van der Waals surface area contributed by atoms with Crippen LogP contribution in [-0.4, -0.2) is 37.1 Å². The molecule has 0 spiro atoms. The molecule has 0 unspecified atom stereocenters. The summed E-state index contributed by atoms with van der Waals surface area (Å²) < 4.78 is 1.05. The van der Waals surface area contributed by atoms with Crippen molar-refractivity contribution in [3.8, 4) is 0 Å². The van der Waals surface area contributed by atoms with E-state index in [0.717, 1.165) is 23.4 Å². The van der Waals surface area contributed by atoms with E-state index >= 15 is 0 Å². The topological polar surface area (TPSA) is 28.2 Å². The quantitative estimate of drug-likeness (QED) is 0.915. The summed E-state index contributed by atoms with van der Waals surface area (Å²) in [5, 5.41) is 3.23. The fraction of sp³-hybridized carbons (Fsp3) is 0.545. The molecule has 1 rings (SSSR count). The predicted molar refractivity (Wildman–Crippen MR) is 70.3 cm³/mol. The van der Waals surface area contributed by atoms with Gasteiger partial charge in [-0.25, -0.2) is 4.98 Å². The van der Waals surface area contributed by atoms with Crippen LogP contribution in [0, 0.1) is 0 Å². The van der Waals surface area contributed by atoms with E-state index in [1.165, 1.54) is 0 Å². The van der Waals surface area contributed by atoms with Crippen molar-refractivity contribution >= 4 is 21.7 Å². The first-order valence-corrected chi connectivity index (χ1v) is 5.98. The number of hydrogen-bond donors (Lipinski definition) is 1. The number of halogens is 1. The number of rotatable bonds is 4. The molecule has 0 saturated carbocycles. The molecule has 3 nitrogen and oxygen atoms in total. The zero-order chi connectivity index (χ0) is 11.7. The van der Waals surface area contributed by atoms with Crippen LogP contribution in [0.2, 0.25) is 0 Å². The molecule has 86 valence electrons. The highest BCUT2D eigenvalue weighted by Gasteiger charge is 1.94. The third kappa shape index (κ3) is 7.33. The summed E-state index contributed by atoms with van der Waals surface area (Å²) in [6.07, 6.45) is 1.78. The van der Waals surface area contributed by atoms with Gasteiger partial charge in [0.05, 0.1) is 0 Å². The second kappa shape index (κ2) is 8.68. The molecule has 4 heteroatoms. The minimum Gasteiger partial charge on any atom is -0.369 e. The second-order valence-corrected chi connectivity index (χ2v) is 4.01. The summed E-state index contributed by atoms with van der Waals surface area (Å²) in [6.45, 7) is 5.92. The van der Waals surface area contributed by atoms with Crippen LogP contribution in [0.1, 0.15) is 13.8 Å². The maximum Gasteiger partial charge on any atom is 0.127 e. The highest BCUT2D eigenvalue weighted by Crippen LogP contribution is 2.11. The Balaban J connectivity index is 0.000000921. The monoisotopic (exact) mass is 273 g/mol. The summed E-state index contributed by atoms with van der Waals surface area (Å²) in [6, 6.07) is 3.88. The lowest BCUT2D eigenvalue weighted by molar-refractivity contribution is 0.425. The van der Waals surface area contributed by atoms with Crippen LogP contribution in [-0.2, 0) is 0 Å². The molecular weight excluding hydrogens is 254 g/mol. The van der Waals surface area contributed by atoms with Crippen molar-refractivity contribution in [2.75, 3.05) is 32.5 Å². The molecule has 0 radical (unpaired) electrons. The summed E-state index contributed by atoms with van der Waals surface area (Å²) in [4.78, 5) is 6.31. The Kier molecular flexibility index (Phi) is 8.33. The first-order valence-electron chi connectivity index (χ1n) is 5.18. The lowest BCUT2D eigenvalue weighted by Crippen LogP contribution is -2.21. The molecule has 0 aliphatic carbocycles. The molecule has 0 aliphatic rings. The van der Waals surface area contributed by atoms with Gasteiger partial charge in [-0.05, 0) is 26.2 Å².